The van der Waals surface area contributed by atoms with E-state index in [1.807, 2.05) is 18.2 Å². The minimum absolute atomic E-state index is 0.176. The molecule has 3 aliphatic rings. The number of amides is 2. The van der Waals surface area contributed by atoms with Crippen LogP contribution in [0.2, 0.25) is 5.02 Å². The average molecular weight is 469 g/mol. The first kappa shape index (κ1) is 21.1. The number of benzene rings is 1. The van der Waals surface area contributed by atoms with Crippen molar-refractivity contribution < 1.29 is 13.6 Å². The number of furan rings is 2. The first-order valence-corrected chi connectivity index (χ1v) is 12.3. The number of hydrogen-bond donors (Lipinski definition) is 2. The molecule has 2 N–H and O–H groups in total. The van der Waals surface area contributed by atoms with Gasteiger partial charge in [-0.25, -0.2) is 4.79 Å². The molecule has 2 amide bonds. The number of piperazine rings is 1. The molecule has 2 aromatic heterocycles. The van der Waals surface area contributed by atoms with Crippen molar-refractivity contribution in [3.8, 4) is 0 Å². The number of nitrogens with zero attached hydrogens (tertiary/aromatic N) is 2. The molecule has 0 atom stereocenters. The van der Waals surface area contributed by atoms with Crippen LogP contribution >= 0.6 is 11.6 Å². The monoisotopic (exact) mass is 468 g/mol. The molecule has 1 saturated heterocycles. The van der Waals surface area contributed by atoms with Crippen molar-refractivity contribution in [2.75, 3.05) is 31.5 Å². The van der Waals surface area contributed by atoms with Crippen LogP contribution in [0, 0.1) is 0 Å². The Morgan fingerprint density at radius 3 is 2.42 bits per heavy atom. The van der Waals surface area contributed by atoms with E-state index in [0.29, 0.717) is 10.7 Å². The van der Waals surface area contributed by atoms with Crippen LogP contribution in [-0.4, -0.2) is 42.0 Å². The third-order valence-corrected chi connectivity index (χ3v) is 7.69. The summed E-state index contributed by atoms with van der Waals surface area (Å²) in [6, 6.07) is 7.83. The fourth-order valence-corrected chi connectivity index (χ4v) is 6.02. The lowest BCUT2D eigenvalue weighted by Crippen LogP contribution is -2.52. The van der Waals surface area contributed by atoms with Crippen molar-refractivity contribution in [2.24, 2.45) is 0 Å². The Hall–Kier alpha value is -2.48. The summed E-state index contributed by atoms with van der Waals surface area (Å²) in [6.07, 6.45) is 6.93. The van der Waals surface area contributed by atoms with Gasteiger partial charge in [-0.15, -0.1) is 0 Å². The fourth-order valence-electron chi connectivity index (χ4n) is 5.76. The maximum atomic E-state index is 12.5. The predicted molar refractivity (Wildman–Crippen MR) is 127 cm³/mol. The van der Waals surface area contributed by atoms with Crippen molar-refractivity contribution >= 4 is 34.3 Å². The number of fused-ring (bicyclic) bond motifs is 4. The summed E-state index contributed by atoms with van der Waals surface area (Å²) in [6.45, 7) is 5.60. The zero-order valence-electron chi connectivity index (χ0n) is 18.7. The van der Waals surface area contributed by atoms with E-state index < -0.39 is 5.54 Å². The van der Waals surface area contributed by atoms with Crippen molar-refractivity contribution in [1.82, 2.24) is 15.1 Å². The van der Waals surface area contributed by atoms with Gasteiger partial charge in [-0.3, -0.25) is 9.80 Å². The molecule has 7 nitrogen and oxygen atoms in total. The van der Waals surface area contributed by atoms with E-state index in [1.54, 1.807) is 6.26 Å². The summed E-state index contributed by atoms with van der Waals surface area (Å²) >= 11 is 6.66. The topological polar surface area (TPSA) is 73.9 Å². The quantitative estimate of drug-likeness (QED) is 0.544. The van der Waals surface area contributed by atoms with Crippen molar-refractivity contribution in [3.05, 3.63) is 52.6 Å². The number of carbonyl (C=O) groups is 1. The lowest BCUT2D eigenvalue weighted by Gasteiger charge is -2.42. The highest BCUT2D eigenvalue weighted by Gasteiger charge is 2.43. The molecule has 2 fully saturated rings. The summed E-state index contributed by atoms with van der Waals surface area (Å²) < 4.78 is 12.0. The maximum Gasteiger partial charge on any atom is 0.319 e. The van der Waals surface area contributed by atoms with E-state index in [4.69, 9.17) is 20.4 Å². The van der Waals surface area contributed by atoms with E-state index in [2.05, 4.69) is 26.5 Å². The van der Waals surface area contributed by atoms with Crippen LogP contribution < -0.4 is 10.6 Å². The fraction of sp³-hybridized carbons (Fsp3) is 0.480. The average Bonchev–Trinajstić information content (AvgIpc) is 3.45. The molecule has 6 rings (SSSR count). The third-order valence-electron chi connectivity index (χ3n) is 7.39. The van der Waals surface area contributed by atoms with Crippen molar-refractivity contribution in [3.63, 3.8) is 0 Å². The summed E-state index contributed by atoms with van der Waals surface area (Å²) in [7, 11) is 0. The minimum Gasteiger partial charge on any atom is -0.468 e. The first-order chi connectivity index (χ1) is 16.1. The minimum atomic E-state index is -0.397. The SMILES string of the molecule is O=C1Nc2c(Cl)cc3cc(CN4CCN(Cc5ccco5)CC4)oc3c2C2(CCCCC2)N1. The maximum absolute atomic E-state index is 12.5. The molecular formula is C25H29ClN4O3. The Bertz CT molecular complexity index is 1160. The highest BCUT2D eigenvalue weighted by atomic mass is 35.5. The Labute approximate surface area is 198 Å². The predicted octanol–water partition coefficient (Wildman–Crippen LogP) is 5.29. The molecule has 3 aromatic rings. The highest BCUT2D eigenvalue weighted by Crippen LogP contribution is 2.49. The molecule has 174 valence electrons. The van der Waals surface area contributed by atoms with E-state index >= 15 is 0 Å². The normalized spacial score (nSPS) is 21.2. The van der Waals surface area contributed by atoms with Gasteiger partial charge in [0.1, 0.15) is 17.1 Å². The van der Waals surface area contributed by atoms with Gasteiger partial charge in [-0.1, -0.05) is 30.9 Å². The molecule has 33 heavy (non-hydrogen) atoms. The number of halogens is 1. The summed E-state index contributed by atoms with van der Waals surface area (Å²) in [4.78, 5) is 17.3. The second-order valence-corrected chi connectivity index (χ2v) is 10.0. The Balaban J connectivity index is 1.24. The first-order valence-electron chi connectivity index (χ1n) is 11.9. The second kappa shape index (κ2) is 8.38. The largest absolute Gasteiger partial charge is 0.468 e. The Kier molecular flexibility index (Phi) is 5.35. The van der Waals surface area contributed by atoms with E-state index in [1.165, 1.54) is 6.42 Å². The third kappa shape index (κ3) is 3.92. The Morgan fingerprint density at radius 2 is 1.73 bits per heavy atom. The van der Waals surface area contributed by atoms with Crippen LogP contribution in [0.4, 0.5) is 10.5 Å². The van der Waals surface area contributed by atoms with E-state index in [-0.39, 0.29) is 6.03 Å². The number of carbonyl (C=O) groups excluding carboxylic acids is 1. The van der Waals surface area contributed by atoms with E-state index in [9.17, 15) is 4.79 Å². The molecule has 1 aliphatic carbocycles. The van der Waals surface area contributed by atoms with Gasteiger partial charge in [0.05, 0.1) is 35.6 Å². The lowest BCUT2D eigenvalue weighted by molar-refractivity contribution is 0.111. The van der Waals surface area contributed by atoms with Crippen LogP contribution in [0.25, 0.3) is 11.0 Å². The molecule has 1 aromatic carbocycles. The van der Waals surface area contributed by atoms with Gasteiger partial charge in [0, 0.05) is 37.1 Å². The zero-order chi connectivity index (χ0) is 22.4. The van der Waals surface area contributed by atoms with Crippen LogP contribution in [0.1, 0.15) is 49.2 Å². The summed E-state index contributed by atoms with van der Waals surface area (Å²) in [5, 5.41) is 7.76. The summed E-state index contributed by atoms with van der Waals surface area (Å²) in [5.41, 5.74) is 2.20. The van der Waals surface area contributed by atoms with Crippen LogP contribution in [0.15, 0.2) is 39.4 Å². The molecule has 0 unspecified atom stereocenters. The molecule has 8 heteroatoms. The number of hydrogen-bond acceptors (Lipinski definition) is 5. The number of anilines is 1. The molecule has 0 radical (unpaired) electrons. The molecular weight excluding hydrogens is 440 g/mol. The van der Waals surface area contributed by atoms with Gasteiger partial charge in [0.2, 0.25) is 0 Å². The van der Waals surface area contributed by atoms with Gasteiger partial charge < -0.3 is 19.5 Å². The zero-order valence-corrected chi connectivity index (χ0v) is 19.4. The Morgan fingerprint density at radius 1 is 1.00 bits per heavy atom. The van der Waals surface area contributed by atoms with E-state index in [0.717, 1.165) is 93.0 Å². The molecule has 0 bridgehead atoms. The van der Waals surface area contributed by atoms with Gasteiger partial charge in [0.15, 0.2) is 0 Å². The number of urea groups is 1. The van der Waals surface area contributed by atoms with Crippen molar-refractivity contribution in [2.45, 2.75) is 50.7 Å². The van der Waals surface area contributed by atoms with Crippen LogP contribution in [0.5, 0.6) is 0 Å². The highest BCUT2D eigenvalue weighted by molar-refractivity contribution is 6.35. The molecule has 2 aliphatic heterocycles. The van der Waals surface area contributed by atoms with Gasteiger partial charge in [-0.05, 0) is 37.1 Å². The smallest absolute Gasteiger partial charge is 0.319 e. The second-order valence-electron chi connectivity index (χ2n) is 9.59. The lowest BCUT2D eigenvalue weighted by atomic mass is 9.74. The molecule has 1 spiro atoms. The summed E-state index contributed by atoms with van der Waals surface area (Å²) in [5.74, 6) is 1.96. The van der Waals surface area contributed by atoms with Crippen molar-refractivity contribution in [1.29, 1.82) is 0 Å². The van der Waals surface area contributed by atoms with Gasteiger partial charge in [-0.2, -0.15) is 0 Å². The number of nitrogens with one attached hydrogen (secondary N) is 2. The van der Waals surface area contributed by atoms with Gasteiger partial charge >= 0.3 is 6.03 Å². The molecule has 4 heterocycles. The standard InChI is InChI=1S/C25H29ClN4O3/c26-20-14-17-13-19(16-30-10-8-29(9-11-30)15-18-5-4-12-32-18)33-23(17)21-22(20)27-24(31)28-25(21)6-2-1-3-7-25/h4-5,12-14H,1-3,6-11,15-16H2,(H2,27,28,31). The van der Waals surface area contributed by atoms with Crippen LogP contribution in [-0.2, 0) is 18.6 Å². The van der Waals surface area contributed by atoms with Crippen LogP contribution in [0.3, 0.4) is 0 Å². The van der Waals surface area contributed by atoms with Gasteiger partial charge in [0.25, 0.3) is 0 Å². The molecule has 1 saturated carbocycles. The number of rotatable bonds is 4.